The summed E-state index contributed by atoms with van der Waals surface area (Å²) in [6.07, 6.45) is 9.47. The van der Waals surface area contributed by atoms with Crippen LogP contribution in [0.5, 0.6) is 5.75 Å². The lowest BCUT2D eigenvalue weighted by Gasteiger charge is -2.45. The number of esters is 1. The first-order valence-electron chi connectivity index (χ1n) is 15.6. The van der Waals surface area contributed by atoms with Gasteiger partial charge in [-0.15, -0.1) is 0 Å². The first-order valence-corrected chi connectivity index (χ1v) is 17.6. The van der Waals surface area contributed by atoms with Gasteiger partial charge in [0.25, 0.3) is 5.91 Å². The molecule has 0 aromatic heterocycles. The number of fused-ring (bicyclic) bond motifs is 3. The van der Waals surface area contributed by atoms with Crippen LogP contribution in [0, 0.1) is 11.8 Å². The predicted molar refractivity (Wildman–Crippen MR) is 173 cm³/mol. The first-order chi connectivity index (χ1) is 20.9. The molecule has 4 atom stereocenters. The van der Waals surface area contributed by atoms with Crippen molar-refractivity contribution in [2.75, 3.05) is 24.6 Å². The molecule has 1 saturated carbocycles. The highest BCUT2D eigenvalue weighted by Crippen LogP contribution is 2.47. The molecule has 1 fully saturated rings. The van der Waals surface area contributed by atoms with E-state index in [-0.39, 0.29) is 34.9 Å². The van der Waals surface area contributed by atoms with Gasteiger partial charge in [-0.2, -0.15) is 0 Å². The first kappa shape index (κ1) is 32.4. The van der Waals surface area contributed by atoms with Crippen molar-refractivity contribution in [1.29, 1.82) is 0 Å². The topological polar surface area (TPSA) is 102 Å². The summed E-state index contributed by atoms with van der Waals surface area (Å²) >= 11 is 6.40. The maximum absolute atomic E-state index is 13.1. The Bertz CT molecular complexity index is 1540. The number of sulfonamides is 1. The van der Waals surface area contributed by atoms with E-state index < -0.39 is 21.2 Å². The predicted octanol–water partition coefficient (Wildman–Crippen LogP) is 6.21. The molecule has 8 nitrogen and oxygen atoms in total. The minimum atomic E-state index is -3.80. The van der Waals surface area contributed by atoms with E-state index >= 15 is 0 Å². The van der Waals surface area contributed by atoms with Crippen molar-refractivity contribution in [2.24, 2.45) is 11.8 Å². The molecule has 2 aromatic carbocycles. The Morgan fingerprint density at radius 2 is 2.00 bits per heavy atom. The molecule has 3 aliphatic rings. The van der Waals surface area contributed by atoms with Crippen LogP contribution in [0.2, 0.25) is 5.02 Å². The number of allylic oxidation sites excluding steroid dienone is 1. The lowest BCUT2D eigenvalue weighted by Crippen LogP contribution is -2.49. The highest BCUT2D eigenvalue weighted by atomic mass is 35.5. The van der Waals surface area contributed by atoms with E-state index in [0.717, 1.165) is 49.2 Å². The molecular formula is C34H43ClN2O6S. The minimum Gasteiger partial charge on any atom is -0.490 e. The molecule has 2 aromatic rings. The van der Waals surface area contributed by atoms with Gasteiger partial charge in [0.05, 0.1) is 17.5 Å². The Hall–Kier alpha value is -3.04. The zero-order chi connectivity index (χ0) is 31.6. The summed E-state index contributed by atoms with van der Waals surface area (Å²) in [6, 6.07) is 11.3. The fourth-order valence-electron chi connectivity index (χ4n) is 6.83. The van der Waals surface area contributed by atoms with E-state index in [0.29, 0.717) is 25.4 Å². The minimum absolute atomic E-state index is 0.172. The third kappa shape index (κ3) is 6.79. The van der Waals surface area contributed by atoms with Crippen molar-refractivity contribution >= 4 is 39.2 Å². The number of rotatable bonds is 9. The standard InChI is InChI=1S/C34H43ClN2O6S/c1-5-6-9-31(43-23(4)38)28-13-10-26(28)19-37-20-34(16-7-8-24-17-27(35)12-14-29(24)34)21-42-32-15-11-25(18-30(32)37)33(39)36-44(40,41)22(2)3/h6,9,11-12,14-15,17-18,22,26,28,31H,5,7-8,10,13,16,19-21H2,1-4H3,(H,36,39)/b9-6+/t26-,28+,31-,34-/m0/s1. The van der Waals surface area contributed by atoms with Crippen LogP contribution in [0.4, 0.5) is 5.69 Å². The summed E-state index contributed by atoms with van der Waals surface area (Å²) in [6.45, 7) is 8.39. The second-order valence-electron chi connectivity index (χ2n) is 12.7. The van der Waals surface area contributed by atoms with E-state index in [4.69, 9.17) is 21.1 Å². The number of nitrogens with one attached hydrogen (secondary N) is 1. The number of carbonyl (C=O) groups excluding carboxylic acids is 2. The van der Waals surface area contributed by atoms with E-state index in [9.17, 15) is 18.0 Å². The van der Waals surface area contributed by atoms with Gasteiger partial charge < -0.3 is 14.4 Å². The van der Waals surface area contributed by atoms with Crippen molar-refractivity contribution < 1.29 is 27.5 Å². The third-order valence-electron chi connectivity index (χ3n) is 9.37. The summed E-state index contributed by atoms with van der Waals surface area (Å²) in [5, 5.41) is -0.0224. The molecule has 238 valence electrons. The molecule has 1 aliphatic heterocycles. The van der Waals surface area contributed by atoms with Gasteiger partial charge in [0.2, 0.25) is 10.0 Å². The van der Waals surface area contributed by atoms with Crippen LogP contribution in [0.3, 0.4) is 0 Å². The summed E-state index contributed by atoms with van der Waals surface area (Å²) in [5.74, 6) is 0.114. The molecule has 1 amide bonds. The lowest BCUT2D eigenvalue weighted by molar-refractivity contribution is -0.149. The summed E-state index contributed by atoms with van der Waals surface area (Å²) in [7, 11) is -3.80. The monoisotopic (exact) mass is 642 g/mol. The van der Waals surface area contributed by atoms with Gasteiger partial charge in [-0.05, 0) is 106 Å². The second kappa shape index (κ2) is 13.1. The van der Waals surface area contributed by atoms with Gasteiger partial charge in [0.1, 0.15) is 11.9 Å². The fraction of sp³-hybridized carbons (Fsp3) is 0.529. The number of benzene rings is 2. The Morgan fingerprint density at radius 3 is 2.68 bits per heavy atom. The largest absolute Gasteiger partial charge is 0.490 e. The summed E-state index contributed by atoms with van der Waals surface area (Å²) < 4.78 is 39.5. The van der Waals surface area contributed by atoms with Crippen LogP contribution in [-0.4, -0.2) is 51.3 Å². The van der Waals surface area contributed by atoms with Crippen LogP contribution in [0.1, 0.15) is 81.3 Å². The molecule has 44 heavy (non-hydrogen) atoms. The zero-order valence-electron chi connectivity index (χ0n) is 26.0. The van der Waals surface area contributed by atoms with E-state index in [1.54, 1.807) is 18.2 Å². The van der Waals surface area contributed by atoms with Crippen molar-refractivity contribution in [3.05, 3.63) is 70.3 Å². The normalized spacial score (nSPS) is 23.7. The maximum atomic E-state index is 13.1. The van der Waals surface area contributed by atoms with Crippen LogP contribution in [-0.2, 0) is 31.4 Å². The van der Waals surface area contributed by atoms with Crippen molar-refractivity contribution in [1.82, 2.24) is 4.72 Å². The van der Waals surface area contributed by atoms with Gasteiger partial charge in [-0.25, -0.2) is 13.1 Å². The van der Waals surface area contributed by atoms with Gasteiger partial charge in [-0.3, -0.25) is 9.59 Å². The number of hydrogen-bond acceptors (Lipinski definition) is 7. The molecule has 10 heteroatoms. The quantitative estimate of drug-likeness (QED) is 0.256. The van der Waals surface area contributed by atoms with Crippen LogP contribution in [0.25, 0.3) is 0 Å². The smallest absolute Gasteiger partial charge is 0.303 e. The van der Waals surface area contributed by atoms with E-state index in [1.165, 1.54) is 31.9 Å². The van der Waals surface area contributed by atoms with E-state index in [1.807, 2.05) is 18.2 Å². The molecule has 0 saturated heterocycles. The molecule has 2 aliphatic carbocycles. The summed E-state index contributed by atoms with van der Waals surface area (Å²) in [5.41, 5.74) is 3.19. The Morgan fingerprint density at radius 1 is 1.20 bits per heavy atom. The average molecular weight is 643 g/mol. The number of halogens is 1. The molecule has 0 unspecified atom stereocenters. The number of carbonyl (C=O) groups is 2. The van der Waals surface area contributed by atoms with Crippen molar-refractivity contribution in [2.45, 2.75) is 83.0 Å². The molecule has 1 heterocycles. The SMILES string of the molecule is CC/C=C/[C@H](OC(C)=O)[C@@H]1CC[C@H]1CN1C[C@@]2(CCCc3cc(Cl)ccc32)COc2ccc(C(=O)NS(=O)(=O)C(C)C)cc21. The van der Waals surface area contributed by atoms with Crippen LogP contribution < -0.4 is 14.4 Å². The molecule has 1 spiro atoms. The second-order valence-corrected chi connectivity index (χ2v) is 15.4. The van der Waals surface area contributed by atoms with Crippen LogP contribution in [0.15, 0.2) is 48.6 Å². The number of ether oxygens (including phenoxy) is 2. The van der Waals surface area contributed by atoms with Gasteiger partial charge in [0.15, 0.2) is 0 Å². The molecule has 5 rings (SSSR count). The third-order valence-corrected chi connectivity index (χ3v) is 11.3. The van der Waals surface area contributed by atoms with Crippen molar-refractivity contribution in [3.63, 3.8) is 0 Å². The number of amides is 1. The van der Waals surface area contributed by atoms with E-state index in [2.05, 4.69) is 28.7 Å². The molecular weight excluding hydrogens is 600 g/mol. The number of aryl methyl sites for hydroxylation is 1. The summed E-state index contributed by atoms with van der Waals surface area (Å²) in [4.78, 5) is 27.4. The maximum Gasteiger partial charge on any atom is 0.303 e. The highest BCUT2D eigenvalue weighted by molar-refractivity contribution is 7.90. The van der Waals surface area contributed by atoms with Gasteiger partial charge in [-0.1, -0.05) is 30.7 Å². The Balaban J connectivity index is 1.52. The lowest BCUT2D eigenvalue weighted by atomic mass is 9.68. The highest BCUT2D eigenvalue weighted by Gasteiger charge is 2.44. The average Bonchev–Trinajstić information content (AvgIpc) is 3.10. The molecule has 0 bridgehead atoms. The van der Waals surface area contributed by atoms with Gasteiger partial charge in [0, 0.05) is 41.9 Å². The Labute approximate surface area is 266 Å². The van der Waals surface area contributed by atoms with Crippen LogP contribution >= 0.6 is 11.6 Å². The van der Waals surface area contributed by atoms with Gasteiger partial charge >= 0.3 is 5.97 Å². The fourth-order valence-corrected chi connectivity index (χ4v) is 7.64. The zero-order valence-corrected chi connectivity index (χ0v) is 27.5. The number of nitrogens with zero attached hydrogens (tertiary/aromatic N) is 1. The molecule has 1 N–H and O–H groups in total. The van der Waals surface area contributed by atoms with Crippen molar-refractivity contribution in [3.8, 4) is 5.75 Å². The molecule has 0 radical (unpaired) electrons. The Kier molecular flexibility index (Phi) is 9.66. The number of anilines is 1. The number of hydrogen-bond donors (Lipinski definition) is 1.